The highest BCUT2D eigenvalue weighted by molar-refractivity contribution is 5.42. The molecule has 13 heavy (non-hydrogen) atoms. The van der Waals surface area contributed by atoms with Crippen molar-refractivity contribution in [2.45, 2.75) is 6.42 Å². The van der Waals surface area contributed by atoms with E-state index in [9.17, 15) is 0 Å². The normalized spacial score (nSPS) is 10.8. The van der Waals surface area contributed by atoms with Gasteiger partial charge in [-0.15, -0.1) is 0 Å². The molecule has 0 aliphatic rings. The van der Waals surface area contributed by atoms with E-state index < -0.39 is 0 Å². The molecule has 1 aromatic carbocycles. The predicted molar refractivity (Wildman–Crippen MR) is 50.3 cm³/mol. The number of benzene rings is 1. The van der Waals surface area contributed by atoms with Crippen LogP contribution in [0.3, 0.4) is 0 Å². The number of hydrogen-bond acceptors (Lipinski definition) is 3. The highest BCUT2D eigenvalue weighted by atomic mass is 16.5. The standard InChI is InChI=1S/C10H14O3/c1-12-9-4-3-8(5-6-11)7-10(9)13-2/h3-4,7,11H,5-6H2,1-2H3/i4D. The van der Waals surface area contributed by atoms with Crippen LogP contribution in [-0.4, -0.2) is 25.9 Å². The molecule has 3 nitrogen and oxygen atoms in total. The minimum atomic E-state index is 0.0644. The monoisotopic (exact) mass is 183 g/mol. The van der Waals surface area contributed by atoms with E-state index in [1.54, 1.807) is 12.1 Å². The second kappa shape index (κ2) is 4.72. The van der Waals surface area contributed by atoms with E-state index in [1.807, 2.05) is 0 Å². The molecule has 0 bridgehead atoms. The highest BCUT2D eigenvalue weighted by Crippen LogP contribution is 2.27. The summed E-state index contributed by atoms with van der Waals surface area (Å²) in [5.41, 5.74) is 0.871. The number of ether oxygens (including phenoxy) is 2. The van der Waals surface area contributed by atoms with Crippen molar-refractivity contribution in [3.05, 3.63) is 23.7 Å². The molecule has 0 heterocycles. The molecule has 0 saturated carbocycles. The molecule has 1 N–H and O–H groups in total. The van der Waals surface area contributed by atoms with Crippen molar-refractivity contribution >= 4 is 0 Å². The van der Waals surface area contributed by atoms with Gasteiger partial charge in [-0.2, -0.15) is 0 Å². The van der Waals surface area contributed by atoms with Crippen molar-refractivity contribution < 1.29 is 16.0 Å². The number of hydrogen-bond donors (Lipinski definition) is 1. The Labute approximate surface area is 79.3 Å². The summed E-state index contributed by atoms with van der Waals surface area (Å²) >= 11 is 0. The molecule has 0 aliphatic carbocycles. The van der Waals surface area contributed by atoms with E-state index in [-0.39, 0.29) is 12.6 Å². The van der Waals surface area contributed by atoms with Crippen LogP contribution in [0, 0.1) is 0 Å². The van der Waals surface area contributed by atoms with Crippen LogP contribution in [0.2, 0.25) is 0 Å². The zero-order valence-corrected chi connectivity index (χ0v) is 7.83. The third-order valence-corrected chi connectivity index (χ3v) is 1.75. The Bertz CT molecular complexity index is 312. The first-order valence-corrected chi connectivity index (χ1v) is 4.05. The maximum atomic E-state index is 8.77. The first-order valence-electron chi connectivity index (χ1n) is 4.55. The SMILES string of the molecule is [2H]c1cc(CCO)cc(OC)c1OC. The Hall–Kier alpha value is -1.22. The molecule has 0 atom stereocenters. The topological polar surface area (TPSA) is 38.7 Å². The van der Waals surface area contributed by atoms with Crippen molar-refractivity contribution in [1.29, 1.82) is 0 Å². The van der Waals surface area contributed by atoms with Gasteiger partial charge in [0.2, 0.25) is 0 Å². The Morgan fingerprint density at radius 3 is 2.62 bits per heavy atom. The van der Waals surface area contributed by atoms with Crippen molar-refractivity contribution in [2.24, 2.45) is 0 Å². The van der Waals surface area contributed by atoms with Crippen molar-refractivity contribution in [3.63, 3.8) is 0 Å². The van der Waals surface area contributed by atoms with Crippen LogP contribution in [0.1, 0.15) is 6.93 Å². The lowest BCUT2D eigenvalue weighted by atomic mass is 10.1. The Morgan fingerprint density at radius 2 is 2.08 bits per heavy atom. The summed E-state index contributed by atoms with van der Waals surface area (Å²) in [6, 6.07) is 3.71. The molecule has 1 rings (SSSR count). The fraction of sp³-hybridized carbons (Fsp3) is 0.400. The fourth-order valence-electron chi connectivity index (χ4n) is 1.09. The maximum absolute atomic E-state index is 8.77. The summed E-state index contributed by atoms with van der Waals surface area (Å²) in [5.74, 6) is 0.956. The number of rotatable bonds is 4. The van der Waals surface area contributed by atoms with Gasteiger partial charge in [0, 0.05) is 6.61 Å². The molecule has 0 unspecified atom stereocenters. The number of methoxy groups -OCH3 is 2. The van der Waals surface area contributed by atoms with Crippen LogP contribution in [0.25, 0.3) is 0 Å². The van der Waals surface area contributed by atoms with Crippen LogP contribution >= 0.6 is 0 Å². The molecule has 0 aromatic heterocycles. The molecule has 0 aliphatic heterocycles. The van der Waals surface area contributed by atoms with Crippen LogP contribution in [0.15, 0.2) is 18.2 Å². The highest BCUT2D eigenvalue weighted by Gasteiger charge is 2.03. The summed E-state index contributed by atoms with van der Waals surface area (Å²) in [4.78, 5) is 0. The van der Waals surface area contributed by atoms with E-state index in [2.05, 4.69) is 0 Å². The van der Waals surface area contributed by atoms with Crippen molar-refractivity contribution in [2.75, 3.05) is 20.8 Å². The largest absolute Gasteiger partial charge is 0.493 e. The minimum Gasteiger partial charge on any atom is -0.493 e. The first-order chi connectivity index (χ1) is 6.72. The molecule has 1 aromatic rings. The van der Waals surface area contributed by atoms with Gasteiger partial charge in [0.25, 0.3) is 0 Å². The Balaban J connectivity index is 3.10. The smallest absolute Gasteiger partial charge is 0.160 e. The molecule has 0 spiro atoms. The van der Waals surface area contributed by atoms with Gasteiger partial charge in [0.05, 0.1) is 15.6 Å². The van der Waals surface area contributed by atoms with Crippen LogP contribution in [-0.2, 0) is 6.42 Å². The summed E-state index contributed by atoms with van der Waals surface area (Å²) in [5, 5.41) is 8.77. The quantitative estimate of drug-likeness (QED) is 0.763. The summed E-state index contributed by atoms with van der Waals surface area (Å²) in [6.45, 7) is 0.0644. The van der Waals surface area contributed by atoms with Crippen LogP contribution in [0.5, 0.6) is 11.5 Å². The first kappa shape index (κ1) is 8.38. The van der Waals surface area contributed by atoms with Gasteiger partial charge in [0.1, 0.15) is 0 Å². The van der Waals surface area contributed by atoms with Gasteiger partial charge < -0.3 is 14.6 Å². The Morgan fingerprint density at radius 1 is 1.38 bits per heavy atom. The predicted octanol–water partition coefficient (Wildman–Crippen LogP) is 1.24. The molecule has 0 saturated heterocycles. The van der Waals surface area contributed by atoms with E-state index in [0.717, 1.165) is 5.56 Å². The summed E-state index contributed by atoms with van der Waals surface area (Å²) < 4.78 is 17.8. The second-order valence-corrected chi connectivity index (χ2v) is 2.58. The average Bonchev–Trinajstić information content (AvgIpc) is 2.17. The van der Waals surface area contributed by atoms with Crippen molar-refractivity contribution in [3.8, 4) is 11.5 Å². The van der Waals surface area contributed by atoms with E-state index in [4.69, 9.17) is 16.0 Å². The fourth-order valence-corrected chi connectivity index (χ4v) is 1.09. The molecule has 0 fully saturated rings. The lowest BCUT2D eigenvalue weighted by Gasteiger charge is -2.08. The number of aliphatic hydroxyl groups excluding tert-OH is 1. The minimum absolute atomic E-state index is 0.0644. The van der Waals surface area contributed by atoms with Crippen LogP contribution < -0.4 is 9.47 Å². The van der Waals surface area contributed by atoms with E-state index in [1.165, 1.54) is 14.2 Å². The molecular formula is C10H14O3. The zero-order valence-electron chi connectivity index (χ0n) is 8.83. The average molecular weight is 183 g/mol. The molecule has 0 radical (unpaired) electrons. The van der Waals surface area contributed by atoms with Gasteiger partial charge in [-0.1, -0.05) is 6.07 Å². The van der Waals surface area contributed by atoms with Gasteiger partial charge in [-0.25, -0.2) is 0 Å². The summed E-state index contributed by atoms with van der Waals surface area (Å²) in [7, 11) is 3.03. The number of aliphatic hydroxyl groups is 1. The van der Waals surface area contributed by atoms with Gasteiger partial charge >= 0.3 is 0 Å². The lowest BCUT2D eigenvalue weighted by Crippen LogP contribution is -1.94. The molecule has 3 heteroatoms. The van der Waals surface area contributed by atoms with E-state index in [0.29, 0.717) is 17.9 Å². The zero-order chi connectivity index (χ0) is 10.6. The van der Waals surface area contributed by atoms with Gasteiger partial charge in [0.15, 0.2) is 11.5 Å². The maximum Gasteiger partial charge on any atom is 0.160 e. The summed E-state index contributed by atoms with van der Waals surface area (Å²) in [6.07, 6.45) is 0.520. The third kappa shape index (κ3) is 2.36. The van der Waals surface area contributed by atoms with Gasteiger partial charge in [-0.05, 0) is 24.1 Å². The molecule has 72 valence electrons. The van der Waals surface area contributed by atoms with E-state index >= 15 is 0 Å². The Kier molecular flexibility index (Phi) is 3.04. The van der Waals surface area contributed by atoms with Gasteiger partial charge in [-0.3, -0.25) is 0 Å². The van der Waals surface area contributed by atoms with Crippen molar-refractivity contribution in [1.82, 2.24) is 0 Å². The molecular weight excluding hydrogens is 168 g/mol. The molecule has 0 amide bonds. The lowest BCUT2D eigenvalue weighted by molar-refractivity contribution is 0.299. The van der Waals surface area contributed by atoms with Crippen LogP contribution in [0.4, 0.5) is 0 Å². The third-order valence-electron chi connectivity index (χ3n) is 1.75. The second-order valence-electron chi connectivity index (χ2n) is 2.58.